The minimum atomic E-state index is -0.137. The number of carbonyl (C=O) groups excluding carboxylic acids is 1. The predicted octanol–water partition coefficient (Wildman–Crippen LogP) is 3.48. The number of hydrogen-bond acceptors (Lipinski definition) is 2. The Balaban J connectivity index is 2.23. The molecule has 0 aliphatic rings. The summed E-state index contributed by atoms with van der Waals surface area (Å²) in [4.78, 5) is 16.2. The van der Waals surface area contributed by atoms with Gasteiger partial charge in [-0.2, -0.15) is 0 Å². The van der Waals surface area contributed by atoms with Gasteiger partial charge in [-0.3, -0.25) is 4.79 Å². The first-order valence-corrected chi connectivity index (χ1v) is 6.47. The Hall–Kier alpha value is -1.62. The van der Waals surface area contributed by atoms with Crippen molar-refractivity contribution in [3.63, 3.8) is 0 Å². The lowest BCUT2D eigenvalue weighted by Gasteiger charge is -2.13. The highest BCUT2D eigenvalue weighted by Crippen LogP contribution is 2.20. The number of rotatable bonds is 3. The van der Waals surface area contributed by atoms with E-state index in [1.807, 2.05) is 30.7 Å². The summed E-state index contributed by atoms with van der Waals surface area (Å²) in [7, 11) is 0. The van der Waals surface area contributed by atoms with Crippen LogP contribution in [-0.2, 0) is 0 Å². The highest BCUT2D eigenvalue weighted by atomic mass is 79.9. The topological polar surface area (TPSA) is 46.9 Å². The molecule has 2 aromatic rings. The van der Waals surface area contributed by atoms with Gasteiger partial charge in [0, 0.05) is 18.4 Å². The summed E-state index contributed by atoms with van der Waals surface area (Å²) < 4.78 is 2.56. The van der Waals surface area contributed by atoms with Crippen LogP contribution in [0.1, 0.15) is 30.4 Å². The molecule has 0 aliphatic carbocycles. The van der Waals surface area contributed by atoms with E-state index in [1.165, 1.54) is 0 Å². The second-order valence-electron chi connectivity index (χ2n) is 4.19. The van der Waals surface area contributed by atoms with Crippen molar-refractivity contribution < 1.29 is 4.79 Å². The molecule has 18 heavy (non-hydrogen) atoms. The van der Waals surface area contributed by atoms with E-state index in [9.17, 15) is 4.79 Å². The first-order valence-electron chi connectivity index (χ1n) is 5.68. The average molecular weight is 308 g/mol. The number of pyridine rings is 1. The van der Waals surface area contributed by atoms with E-state index in [1.54, 1.807) is 24.4 Å². The van der Waals surface area contributed by atoms with Crippen LogP contribution < -0.4 is 5.32 Å². The molecule has 0 spiro atoms. The fraction of sp³-hybridized carbons (Fsp3) is 0.231. The normalized spacial score (nSPS) is 10.7. The monoisotopic (exact) mass is 307 g/mol. The number of aromatic nitrogens is 2. The van der Waals surface area contributed by atoms with Gasteiger partial charge in [0.05, 0.1) is 5.69 Å². The Morgan fingerprint density at radius 2 is 2.17 bits per heavy atom. The maximum Gasteiger partial charge on any atom is 0.272 e. The summed E-state index contributed by atoms with van der Waals surface area (Å²) >= 11 is 3.30. The van der Waals surface area contributed by atoms with Crippen LogP contribution in [0, 0.1) is 0 Å². The minimum Gasteiger partial charge on any atom is -0.341 e. The van der Waals surface area contributed by atoms with Gasteiger partial charge in [0.2, 0.25) is 0 Å². The molecule has 2 aromatic heterocycles. The van der Waals surface area contributed by atoms with Crippen molar-refractivity contribution in [2.45, 2.75) is 19.9 Å². The largest absolute Gasteiger partial charge is 0.341 e. The molecule has 0 aliphatic heterocycles. The van der Waals surface area contributed by atoms with Crippen LogP contribution in [0.5, 0.6) is 0 Å². The molecule has 1 N–H and O–H groups in total. The van der Waals surface area contributed by atoms with Crippen molar-refractivity contribution in [1.82, 2.24) is 9.55 Å². The summed E-state index contributed by atoms with van der Waals surface area (Å²) in [5.41, 5.74) is 1.31. The first kappa shape index (κ1) is 12.8. The molecule has 0 atom stereocenters. The molecular weight excluding hydrogens is 294 g/mol. The highest BCUT2D eigenvalue weighted by molar-refractivity contribution is 9.10. The van der Waals surface area contributed by atoms with Crippen LogP contribution in [0.15, 0.2) is 41.3 Å². The first-order chi connectivity index (χ1) is 8.59. The number of carbonyl (C=O) groups is 1. The van der Waals surface area contributed by atoms with Crippen LogP contribution in [0.4, 0.5) is 5.69 Å². The molecule has 0 radical (unpaired) electrons. The summed E-state index contributed by atoms with van der Waals surface area (Å²) in [5, 5.41) is 2.84. The van der Waals surface area contributed by atoms with Crippen molar-refractivity contribution in [3.05, 3.63) is 47.0 Å². The van der Waals surface area contributed by atoms with Crippen molar-refractivity contribution in [2.75, 3.05) is 5.32 Å². The van der Waals surface area contributed by atoms with Gasteiger partial charge in [-0.1, -0.05) is 0 Å². The average Bonchev–Trinajstić information content (AvgIpc) is 2.81. The highest BCUT2D eigenvalue weighted by Gasteiger charge is 2.13. The Kier molecular flexibility index (Phi) is 3.81. The molecule has 0 saturated carbocycles. The third kappa shape index (κ3) is 2.61. The molecule has 0 saturated heterocycles. The van der Waals surface area contributed by atoms with E-state index in [4.69, 9.17) is 0 Å². The van der Waals surface area contributed by atoms with Crippen molar-refractivity contribution >= 4 is 27.5 Å². The van der Waals surface area contributed by atoms with Crippen molar-refractivity contribution in [1.29, 1.82) is 0 Å². The molecule has 5 heteroatoms. The third-order valence-corrected chi connectivity index (χ3v) is 3.21. The molecule has 4 nitrogen and oxygen atoms in total. The van der Waals surface area contributed by atoms with Gasteiger partial charge in [-0.25, -0.2) is 4.98 Å². The van der Waals surface area contributed by atoms with E-state index in [2.05, 4.69) is 26.2 Å². The van der Waals surface area contributed by atoms with Gasteiger partial charge in [0.1, 0.15) is 10.3 Å². The number of nitrogens with one attached hydrogen (secondary N) is 1. The number of hydrogen-bond donors (Lipinski definition) is 1. The second kappa shape index (κ2) is 5.35. The fourth-order valence-electron chi connectivity index (χ4n) is 1.70. The predicted molar refractivity (Wildman–Crippen MR) is 74.7 cm³/mol. The Morgan fingerprint density at radius 1 is 1.39 bits per heavy atom. The van der Waals surface area contributed by atoms with Gasteiger partial charge >= 0.3 is 0 Å². The summed E-state index contributed by atoms with van der Waals surface area (Å²) in [6.07, 6.45) is 3.56. The number of amides is 1. The molecule has 2 rings (SSSR count). The molecule has 0 unspecified atom stereocenters. The third-order valence-electron chi connectivity index (χ3n) is 2.58. The zero-order valence-corrected chi connectivity index (χ0v) is 11.8. The van der Waals surface area contributed by atoms with Gasteiger partial charge in [-0.05, 0) is 54.0 Å². The molecule has 0 bridgehead atoms. The fourth-order valence-corrected chi connectivity index (χ4v) is 2.05. The Bertz CT molecular complexity index is 563. The Labute approximate surface area is 114 Å². The summed E-state index contributed by atoms with van der Waals surface area (Å²) in [6, 6.07) is 7.50. The van der Waals surface area contributed by atoms with Gasteiger partial charge in [-0.15, -0.1) is 0 Å². The lowest BCUT2D eigenvalue weighted by molar-refractivity contribution is 0.101. The number of halogens is 1. The Morgan fingerprint density at radius 3 is 2.83 bits per heavy atom. The molecular formula is C13H14BrN3O. The van der Waals surface area contributed by atoms with Crippen LogP contribution in [-0.4, -0.2) is 15.5 Å². The van der Waals surface area contributed by atoms with E-state index >= 15 is 0 Å². The maximum atomic E-state index is 12.2. The van der Waals surface area contributed by atoms with E-state index in [0.717, 1.165) is 0 Å². The van der Waals surface area contributed by atoms with Gasteiger partial charge < -0.3 is 9.88 Å². The van der Waals surface area contributed by atoms with E-state index in [0.29, 0.717) is 16.0 Å². The smallest absolute Gasteiger partial charge is 0.272 e. The molecule has 2 heterocycles. The number of anilines is 1. The number of nitrogens with zero attached hydrogens (tertiary/aromatic N) is 2. The summed E-state index contributed by atoms with van der Waals surface area (Å²) in [6.45, 7) is 4.08. The second-order valence-corrected chi connectivity index (χ2v) is 4.94. The summed E-state index contributed by atoms with van der Waals surface area (Å²) in [5.74, 6) is -0.137. The molecule has 1 amide bonds. The van der Waals surface area contributed by atoms with Crippen LogP contribution in [0.2, 0.25) is 0 Å². The van der Waals surface area contributed by atoms with E-state index < -0.39 is 0 Å². The van der Waals surface area contributed by atoms with E-state index in [-0.39, 0.29) is 11.9 Å². The van der Waals surface area contributed by atoms with Gasteiger partial charge in [0.15, 0.2) is 0 Å². The standard InChI is InChI=1S/C13H14BrN3O/c1-9(2)17-8-4-6-11(17)13(18)16-10-5-3-7-15-12(10)14/h3-9H,1-2H3,(H,16,18). The van der Waals surface area contributed by atoms with Gasteiger partial charge in [0.25, 0.3) is 5.91 Å². The lowest BCUT2D eigenvalue weighted by atomic mass is 10.3. The zero-order chi connectivity index (χ0) is 13.1. The van der Waals surface area contributed by atoms with Crippen molar-refractivity contribution in [3.8, 4) is 0 Å². The van der Waals surface area contributed by atoms with Crippen LogP contribution in [0.25, 0.3) is 0 Å². The molecule has 0 aromatic carbocycles. The van der Waals surface area contributed by atoms with Crippen LogP contribution in [0.3, 0.4) is 0 Å². The lowest BCUT2D eigenvalue weighted by Crippen LogP contribution is -2.18. The van der Waals surface area contributed by atoms with Crippen molar-refractivity contribution in [2.24, 2.45) is 0 Å². The van der Waals surface area contributed by atoms with Crippen LogP contribution >= 0.6 is 15.9 Å². The minimum absolute atomic E-state index is 0.137. The molecule has 0 fully saturated rings. The zero-order valence-electron chi connectivity index (χ0n) is 10.2. The SMILES string of the molecule is CC(C)n1cccc1C(=O)Nc1cccnc1Br. The quantitative estimate of drug-likeness (QED) is 0.883. The maximum absolute atomic E-state index is 12.2. The molecule has 94 valence electrons.